The van der Waals surface area contributed by atoms with Crippen LogP contribution in [0.4, 0.5) is 23.2 Å². The Bertz CT molecular complexity index is 1210. The van der Waals surface area contributed by atoms with E-state index in [4.69, 9.17) is 16.3 Å². The van der Waals surface area contributed by atoms with Crippen molar-refractivity contribution in [2.75, 3.05) is 45.2 Å². The Morgan fingerprint density at radius 1 is 1.16 bits per heavy atom. The molecule has 3 aromatic rings. The third-order valence-electron chi connectivity index (χ3n) is 7.30. The minimum absolute atomic E-state index is 0.0591. The van der Waals surface area contributed by atoms with E-state index in [0.717, 1.165) is 0 Å². The first kappa shape index (κ1) is 27.4. The van der Waals surface area contributed by atoms with Gasteiger partial charge in [-0.3, -0.25) is 4.98 Å². The second-order valence-corrected chi connectivity index (χ2v) is 9.99. The van der Waals surface area contributed by atoms with Gasteiger partial charge < -0.3 is 20.1 Å². The van der Waals surface area contributed by atoms with Crippen molar-refractivity contribution >= 4 is 28.2 Å². The molecule has 1 aliphatic heterocycles. The molecule has 2 N–H and O–H groups in total. The zero-order valence-corrected chi connectivity index (χ0v) is 21.3. The number of rotatable bonds is 10. The fourth-order valence-corrected chi connectivity index (χ4v) is 5.25. The number of likely N-dealkylation sites (tertiary alicyclic amines) is 1. The Balaban J connectivity index is 1.33. The van der Waals surface area contributed by atoms with Crippen LogP contribution >= 0.6 is 11.6 Å². The van der Waals surface area contributed by atoms with Gasteiger partial charge in [0.05, 0.1) is 17.6 Å². The fraction of sp³-hybridized carbons (Fsp3) is 0.444. The molecule has 2 heterocycles. The third-order valence-corrected chi connectivity index (χ3v) is 7.60. The molecule has 2 aromatic carbocycles. The largest absolute Gasteiger partial charge is 0.497 e. The van der Waals surface area contributed by atoms with E-state index >= 15 is 4.39 Å². The number of fused-ring (bicyclic) bond motifs is 1. The number of pyridine rings is 1. The fourth-order valence-electron chi connectivity index (χ4n) is 4.98. The number of methoxy groups -OCH3 is 1. The van der Waals surface area contributed by atoms with Gasteiger partial charge in [0.25, 0.3) is 0 Å². The molecule has 0 radical (unpaired) electrons. The number of nitrogens with zero attached hydrogens (tertiary/aromatic N) is 2. The summed E-state index contributed by atoms with van der Waals surface area (Å²) in [5.41, 5.74) is 0.234. The summed E-state index contributed by atoms with van der Waals surface area (Å²) in [6.07, 6.45) is 2.11. The predicted molar refractivity (Wildman–Crippen MR) is 136 cm³/mol. The van der Waals surface area contributed by atoms with Crippen molar-refractivity contribution in [3.8, 4) is 5.75 Å². The molecule has 0 bridgehead atoms. The molecule has 0 unspecified atom stereocenters. The predicted octanol–water partition coefficient (Wildman–Crippen LogP) is 6.29. The molecule has 0 saturated carbocycles. The summed E-state index contributed by atoms with van der Waals surface area (Å²) in [6.45, 7) is 2.04. The van der Waals surface area contributed by atoms with Crippen LogP contribution in [0.2, 0.25) is 5.02 Å². The van der Waals surface area contributed by atoms with Crippen LogP contribution in [0.1, 0.15) is 37.4 Å². The first-order chi connectivity index (χ1) is 17.7. The van der Waals surface area contributed by atoms with Gasteiger partial charge in [0.1, 0.15) is 23.4 Å². The Hall–Kier alpha value is -2.62. The van der Waals surface area contributed by atoms with Crippen LogP contribution in [-0.4, -0.2) is 54.9 Å². The van der Waals surface area contributed by atoms with Crippen molar-refractivity contribution in [2.24, 2.45) is 5.41 Å². The minimum atomic E-state index is -1.34. The number of nitrogens with one attached hydrogen (secondary N) is 1. The molecule has 0 aliphatic carbocycles. The van der Waals surface area contributed by atoms with Crippen molar-refractivity contribution in [3.05, 3.63) is 64.6 Å². The number of ether oxygens (including phenoxy) is 1. The average molecular weight is 540 g/mol. The molecule has 0 spiro atoms. The van der Waals surface area contributed by atoms with Gasteiger partial charge in [-0.1, -0.05) is 11.6 Å². The van der Waals surface area contributed by atoms with Gasteiger partial charge in [-0.05, 0) is 62.4 Å². The Morgan fingerprint density at radius 3 is 2.51 bits per heavy atom. The second kappa shape index (κ2) is 11.8. The zero-order chi connectivity index (χ0) is 26.6. The number of anilines is 1. The molecule has 1 saturated heterocycles. The highest BCUT2D eigenvalue weighted by Crippen LogP contribution is 2.41. The molecule has 0 amide bonds. The summed E-state index contributed by atoms with van der Waals surface area (Å²) in [7, 11) is 1.54. The summed E-state index contributed by atoms with van der Waals surface area (Å²) in [5.74, 6) is -2.33. The van der Waals surface area contributed by atoms with Crippen LogP contribution in [0.15, 0.2) is 36.5 Å². The number of hydrogen-bond acceptors (Lipinski definition) is 5. The van der Waals surface area contributed by atoms with E-state index in [1.165, 1.54) is 6.20 Å². The third kappa shape index (κ3) is 6.27. The number of alkyl halides is 1. The lowest BCUT2D eigenvalue weighted by atomic mass is 9.74. The van der Waals surface area contributed by atoms with Crippen molar-refractivity contribution < 1.29 is 27.4 Å². The molecule has 1 aliphatic rings. The maximum Gasteiger partial charge on any atom is 0.152 e. The van der Waals surface area contributed by atoms with E-state index < -0.39 is 29.0 Å². The van der Waals surface area contributed by atoms with E-state index in [-0.39, 0.29) is 30.3 Å². The summed E-state index contributed by atoms with van der Waals surface area (Å²) < 4.78 is 61.6. The van der Waals surface area contributed by atoms with Crippen LogP contribution in [0, 0.1) is 22.9 Å². The average Bonchev–Trinajstić information content (AvgIpc) is 2.89. The molecule has 5 nitrogen and oxygen atoms in total. The van der Waals surface area contributed by atoms with Gasteiger partial charge in [-0.25, -0.2) is 17.6 Å². The van der Waals surface area contributed by atoms with Gasteiger partial charge in [0.2, 0.25) is 0 Å². The maximum absolute atomic E-state index is 15.6. The highest BCUT2D eigenvalue weighted by atomic mass is 35.5. The van der Waals surface area contributed by atoms with E-state index in [1.807, 2.05) is 0 Å². The molecular weight excluding hydrogens is 510 g/mol. The summed E-state index contributed by atoms with van der Waals surface area (Å²) in [4.78, 5) is 6.40. The number of halogens is 5. The lowest BCUT2D eigenvalue weighted by Gasteiger charge is -2.41. The zero-order valence-electron chi connectivity index (χ0n) is 20.5. The standard InChI is InChI=1S/C27H30ClF4N3O2/c1-37-18-2-3-24-19(14-18)25(20(28)15-34-24)21(30)4-5-27(16-36)6-9-35(10-7-27)11-8-33-26-22(31)12-17(29)13-23(26)32/h2-3,12-15,21,33,36H,4-11,16H2,1H3/t21-/m1/s1. The van der Waals surface area contributed by atoms with Crippen LogP contribution < -0.4 is 10.1 Å². The van der Waals surface area contributed by atoms with Gasteiger partial charge >= 0.3 is 0 Å². The van der Waals surface area contributed by atoms with E-state index in [0.29, 0.717) is 73.2 Å². The van der Waals surface area contributed by atoms with E-state index in [2.05, 4.69) is 15.2 Å². The number of piperidine rings is 1. The Labute approximate surface area is 218 Å². The molecule has 200 valence electrons. The van der Waals surface area contributed by atoms with Gasteiger partial charge in [0.15, 0.2) is 11.6 Å². The number of aromatic nitrogens is 1. The number of hydrogen-bond donors (Lipinski definition) is 2. The van der Waals surface area contributed by atoms with Gasteiger partial charge in [0, 0.05) is 49.0 Å². The molecule has 37 heavy (non-hydrogen) atoms. The summed E-state index contributed by atoms with van der Waals surface area (Å²) in [6, 6.07) is 6.53. The Kier molecular flexibility index (Phi) is 8.77. The van der Waals surface area contributed by atoms with Gasteiger partial charge in [-0.2, -0.15) is 0 Å². The van der Waals surface area contributed by atoms with Crippen LogP contribution in [-0.2, 0) is 0 Å². The monoisotopic (exact) mass is 539 g/mol. The highest BCUT2D eigenvalue weighted by molar-refractivity contribution is 6.32. The highest BCUT2D eigenvalue weighted by Gasteiger charge is 2.35. The van der Waals surface area contributed by atoms with Crippen LogP contribution in [0.5, 0.6) is 5.75 Å². The first-order valence-corrected chi connectivity index (χ1v) is 12.6. The maximum atomic E-state index is 15.6. The van der Waals surface area contributed by atoms with Gasteiger partial charge in [-0.15, -0.1) is 0 Å². The molecule has 1 fully saturated rings. The van der Waals surface area contributed by atoms with Crippen LogP contribution in [0.25, 0.3) is 10.9 Å². The van der Waals surface area contributed by atoms with Crippen molar-refractivity contribution in [1.82, 2.24) is 9.88 Å². The van der Waals surface area contributed by atoms with Crippen LogP contribution in [0.3, 0.4) is 0 Å². The summed E-state index contributed by atoms with van der Waals surface area (Å²) >= 11 is 6.35. The van der Waals surface area contributed by atoms with E-state index in [1.54, 1.807) is 25.3 Å². The van der Waals surface area contributed by atoms with Crippen molar-refractivity contribution in [1.29, 1.82) is 0 Å². The molecule has 10 heteroatoms. The normalized spacial score (nSPS) is 16.6. The Morgan fingerprint density at radius 2 is 1.86 bits per heavy atom. The molecule has 4 rings (SSSR count). The summed E-state index contributed by atoms with van der Waals surface area (Å²) in [5, 5.41) is 13.7. The first-order valence-electron chi connectivity index (χ1n) is 12.2. The topological polar surface area (TPSA) is 57.6 Å². The second-order valence-electron chi connectivity index (χ2n) is 9.58. The number of aliphatic hydroxyl groups is 1. The minimum Gasteiger partial charge on any atom is -0.497 e. The quantitative estimate of drug-likeness (QED) is 0.296. The SMILES string of the molecule is COc1ccc2ncc(Cl)c([C@H](F)CCC3(CO)CCN(CCNc4c(F)cc(F)cc4F)CC3)c2c1. The number of aliphatic hydroxyl groups excluding tert-OH is 1. The van der Waals surface area contributed by atoms with Crippen molar-refractivity contribution in [2.45, 2.75) is 31.9 Å². The lowest BCUT2D eigenvalue weighted by molar-refractivity contribution is 0.0315. The van der Waals surface area contributed by atoms with Crippen molar-refractivity contribution in [3.63, 3.8) is 0 Å². The molecule has 1 aromatic heterocycles. The lowest BCUT2D eigenvalue weighted by Crippen LogP contribution is -2.43. The number of benzene rings is 2. The molecule has 1 atom stereocenters. The van der Waals surface area contributed by atoms with E-state index in [9.17, 15) is 18.3 Å². The molecular formula is C27H30ClF4N3O2. The smallest absolute Gasteiger partial charge is 0.152 e.